The first-order valence-corrected chi connectivity index (χ1v) is 18.6. The minimum absolute atomic E-state index is 1.23. The smallest absolute Gasteiger partial charge is 0.0387 e. The topological polar surface area (TPSA) is 0 Å². The normalized spacial score (nSPS) is 11.6. The summed E-state index contributed by atoms with van der Waals surface area (Å²) in [5.74, 6) is 0. The molecular formula is C40H62S. The van der Waals surface area contributed by atoms with Crippen molar-refractivity contribution in [3.63, 3.8) is 0 Å². The van der Waals surface area contributed by atoms with E-state index >= 15 is 0 Å². The fraction of sp³-hybridized carbons (Fsp3) is 0.650. The molecule has 0 atom stereocenters. The Morgan fingerprint density at radius 3 is 1.41 bits per heavy atom. The molecule has 1 heteroatoms. The molecule has 0 N–H and O–H groups in total. The monoisotopic (exact) mass is 574 g/mol. The highest BCUT2D eigenvalue weighted by Crippen LogP contribution is 2.40. The molecule has 0 radical (unpaired) electrons. The number of fused-ring (bicyclic) bond motifs is 1. The van der Waals surface area contributed by atoms with E-state index in [1.165, 1.54) is 184 Å². The number of aryl methyl sites for hydroxylation is 4. The molecule has 1 aromatic heterocycles. The lowest BCUT2D eigenvalue weighted by Crippen LogP contribution is -1.90. The molecule has 41 heavy (non-hydrogen) atoms. The van der Waals surface area contributed by atoms with Gasteiger partial charge < -0.3 is 0 Å². The lowest BCUT2D eigenvalue weighted by atomic mass is 9.97. The molecule has 0 fully saturated rings. The molecule has 0 aliphatic rings. The predicted octanol–water partition coefficient (Wildman–Crippen LogP) is 14.1. The summed E-state index contributed by atoms with van der Waals surface area (Å²) in [5, 5.41) is 1.45. The van der Waals surface area contributed by atoms with Crippen molar-refractivity contribution in [2.24, 2.45) is 0 Å². The van der Waals surface area contributed by atoms with Gasteiger partial charge in [-0.2, -0.15) is 0 Å². The van der Waals surface area contributed by atoms with Gasteiger partial charge in [-0.05, 0) is 78.8 Å². The van der Waals surface area contributed by atoms with Crippen LogP contribution < -0.4 is 0 Å². The Balaban J connectivity index is 1.41. The maximum atomic E-state index is 2.49. The third kappa shape index (κ3) is 12.3. The van der Waals surface area contributed by atoms with Crippen LogP contribution in [0.2, 0.25) is 0 Å². The van der Waals surface area contributed by atoms with Crippen LogP contribution in [0.5, 0.6) is 0 Å². The van der Waals surface area contributed by atoms with Crippen molar-refractivity contribution >= 4 is 21.4 Å². The largest absolute Gasteiger partial charge is 0.135 e. The number of unbranched alkanes of at least 4 members (excludes halogenated alkanes) is 18. The van der Waals surface area contributed by atoms with Crippen LogP contribution in [0.25, 0.3) is 20.5 Å². The Labute approximate surface area is 258 Å². The zero-order valence-corrected chi connectivity index (χ0v) is 28.2. The van der Waals surface area contributed by atoms with Crippen molar-refractivity contribution in [2.45, 2.75) is 169 Å². The average Bonchev–Trinajstić information content (AvgIpc) is 3.30. The van der Waals surface area contributed by atoms with Gasteiger partial charge in [0, 0.05) is 9.58 Å². The van der Waals surface area contributed by atoms with E-state index < -0.39 is 0 Å². The van der Waals surface area contributed by atoms with Crippen LogP contribution in [-0.2, 0) is 12.8 Å². The molecule has 0 aliphatic carbocycles. The molecule has 228 valence electrons. The van der Waals surface area contributed by atoms with E-state index in [1.807, 2.05) is 11.3 Å². The standard InChI is InChI=1S/C40H62S/c1-5-7-9-11-13-15-17-19-21-23-25-35-27-29-37(33(3)31-35)40-34(4)38-30-28-36(32-39(38)41-40)26-24-22-20-18-16-14-12-10-8-6-2/h27-32H,5-26H2,1-4H3. The summed E-state index contributed by atoms with van der Waals surface area (Å²) in [7, 11) is 0. The van der Waals surface area contributed by atoms with Crippen LogP contribution in [0.15, 0.2) is 36.4 Å². The number of hydrogen-bond acceptors (Lipinski definition) is 1. The zero-order valence-electron chi connectivity index (χ0n) is 27.4. The summed E-state index contributed by atoms with van der Waals surface area (Å²) >= 11 is 2.00. The van der Waals surface area contributed by atoms with Crippen molar-refractivity contribution in [3.05, 3.63) is 58.7 Å². The Hall–Kier alpha value is -1.60. The lowest BCUT2D eigenvalue weighted by Gasteiger charge is -2.09. The van der Waals surface area contributed by atoms with E-state index in [9.17, 15) is 0 Å². The Bertz CT molecular complexity index is 1100. The van der Waals surface area contributed by atoms with Gasteiger partial charge in [0.15, 0.2) is 0 Å². The first-order valence-electron chi connectivity index (χ1n) is 17.8. The molecule has 3 rings (SSSR count). The fourth-order valence-electron chi connectivity index (χ4n) is 6.45. The number of thiophene rings is 1. The number of hydrogen-bond donors (Lipinski definition) is 0. The highest BCUT2D eigenvalue weighted by molar-refractivity contribution is 7.22. The Morgan fingerprint density at radius 2 is 0.927 bits per heavy atom. The molecule has 2 aromatic carbocycles. The SMILES string of the molecule is CCCCCCCCCCCCc1ccc(-c2sc3cc(CCCCCCCCCCCC)ccc3c2C)c(C)c1. The highest BCUT2D eigenvalue weighted by Gasteiger charge is 2.13. The Kier molecular flexibility index (Phi) is 16.8. The molecular weight excluding hydrogens is 513 g/mol. The van der Waals surface area contributed by atoms with Crippen molar-refractivity contribution in [2.75, 3.05) is 0 Å². The maximum Gasteiger partial charge on any atom is 0.0387 e. The van der Waals surface area contributed by atoms with Gasteiger partial charge in [0.2, 0.25) is 0 Å². The zero-order chi connectivity index (χ0) is 29.1. The molecule has 0 saturated carbocycles. The fourth-order valence-corrected chi connectivity index (χ4v) is 7.81. The van der Waals surface area contributed by atoms with Gasteiger partial charge in [-0.25, -0.2) is 0 Å². The summed E-state index contributed by atoms with van der Waals surface area (Å²) in [6, 6.07) is 14.5. The molecule has 1 heterocycles. The van der Waals surface area contributed by atoms with Crippen molar-refractivity contribution in [1.29, 1.82) is 0 Å². The van der Waals surface area contributed by atoms with Gasteiger partial charge in [-0.15, -0.1) is 11.3 Å². The molecule has 0 unspecified atom stereocenters. The van der Waals surface area contributed by atoms with E-state index in [2.05, 4.69) is 64.1 Å². The predicted molar refractivity (Wildman–Crippen MR) is 188 cm³/mol. The van der Waals surface area contributed by atoms with E-state index in [1.54, 1.807) is 0 Å². The van der Waals surface area contributed by atoms with Gasteiger partial charge in [0.25, 0.3) is 0 Å². The second kappa shape index (κ2) is 20.3. The summed E-state index contributed by atoms with van der Waals surface area (Å²) in [4.78, 5) is 1.47. The highest BCUT2D eigenvalue weighted by atomic mass is 32.1. The van der Waals surface area contributed by atoms with Crippen LogP contribution >= 0.6 is 11.3 Å². The van der Waals surface area contributed by atoms with Crippen LogP contribution in [-0.4, -0.2) is 0 Å². The average molecular weight is 575 g/mol. The first kappa shape index (κ1) is 33.9. The summed E-state index contributed by atoms with van der Waals surface area (Å²) < 4.78 is 1.47. The molecule has 0 nitrogen and oxygen atoms in total. The molecule has 0 amide bonds. The van der Waals surface area contributed by atoms with Gasteiger partial charge in [0.05, 0.1) is 0 Å². The second-order valence-electron chi connectivity index (χ2n) is 12.9. The van der Waals surface area contributed by atoms with Gasteiger partial charge in [-0.1, -0.05) is 160 Å². The molecule has 0 aliphatic heterocycles. The Morgan fingerprint density at radius 1 is 0.488 bits per heavy atom. The molecule has 0 saturated heterocycles. The number of rotatable bonds is 23. The quantitative estimate of drug-likeness (QED) is 0.0988. The minimum atomic E-state index is 1.23. The van der Waals surface area contributed by atoms with Crippen LogP contribution in [0.3, 0.4) is 0 Å². The van der Waals surface area contributed by atoms with Crippen LogP contribution in [0.1, 0.15) is 165 Å². The molecule has 3 aromatic rings. The van der Waals surface area contributed by atoms with Crippen molar-refractivity contribution < 1.29 is 0 Å². The van der Waals surface area contributed by atoms with Gasteiger partial charge in [0.1, 0.15) is 0 Å². The molecule has 0 bridgehead atoms. The van der Waals surface area contributed by atoms with Crippen LogP contribution in [0, 0.1) is 13.8 Å². The van der Waals surface area contributed by atoms with Crippen LogP contribution in [0.4, 0.5) is 0 Å². The summed E-state index contributed by atoms with van der Waals surface area (Å²) in [6.07, 6.45) is 30.6. The lowest BCUT2D eigenvalue weighted by molar-refractivity contribution is 0.556. The maximum absolute atomic E-state index is 2.49. The molecule has 0 spiro atoms. The van der Waals surface area contributed by atoms with Gasteiger partial charge in [-0.3, -0.25) is 0 Å². The van der Waals surface area contributed by atoms with E-state index in [-0.39, 0.29) is 0 Å². The van der Waals surface area contributed by atoms with E-state index in [0.29, 0.717) is 0 Å². The van der Waals surface area contributed by atoms with E-state index in [0.717, 1.165) is 0 Å². The summed E-state index contributed by atoms with van der Waals surface area (Å²) in [5.41, 5.74) is 7.37. The van der Waals surface area contributed by atoms with Crippen molar-refractivity contribution in [1.82, 2.24) is 0 Å². The third-order valence-electron chi connectivity index (χ3n) is 9.18. The summed E-state index contributed by atoms with van der Waals surface area (Å²) in [6.45, 7) is 9.25. The third-order valence-corrected chi connectivity index (χ3v) is 10.5. The van der Waals surface area contributed by atoms with Gasteiger partial charge >= 0.3 is 0 Å². The minimum Gasteiger partial charge on any atom is -0.135 e. The first-order chi connectivity index (χ1) is 20.1. The second-order valence-corrected chi connectivity index (χ2v) is 14.0. The number of benzene rings is 2. The van der Waals surface area contributed by atoms with Crippen molar-refractivity contribution in [3.8, 4) is 10.4 Å². The van der Waals surface area contributed by atoms with E-state index in [4.69, 9.17) is 0 Å².